The van der Waals surface area contributed by atoms with E-state index < -0.39 is 6.04 Å². The number of anilines is 2. The van der Waals surface area contributed by atoms with Gasteiger partial charge in [-0.15, -0.1) is 0 Å². The first-order chi connectivity index (χ1) is 9.69. The Morgan fingerprint density at radius 3 is 2.80 bits per heavy atom. The van der Waals surface area contributed by atoms with Crippen LogP contribution in [0.1, 0.15) is 11.6 Å². The van der Waals surface area contributed by atoms with Gasteiger partial charge in [0.25, 0.3) is 5.91 Å². The van der Waals surface area contributed by atoms with Crippen LogP contribution in [0.5, 0.6) is 5.75 Å². The van der Waals surface area contributed by atoms with Crippen LogP contribution in [0.4, 0.5) is 11.4 Å². The molecule has 1 atom stereocenters. The van der Waals surface area contributed by atoms with Crippen LogP contribution in [0.2, 0.25) is 5.02 Å². The van der Waals surface area contributed by atoms with Gasteiger partial charge in [0, 0.05) is 16.9 Å². The fourth-order valence-electron chi connectivity index (χ4n) is 2.27. The van der Waals surface area contributed by atoms with Crippen LogP contribution >= 0.6 is 11.6 Å². The SMILES string of the molecule is COc1ccc(NC2C(=O)Nc3ccccc32)cc1Cl. The number of halogens is 1. The van der Waals surface area contributed by atoms with Crippen molar-refractivity contribution < 1.29 is 9.53 Å². The van der Waals surface area contributed by atoms with Crippen LogP contribution in [-0.4, -0.2) is 13.0 Å². The molecule has 2 N–H and O–H groups in total. The molecular formula is C15H13ClN2O2. The smallest absolute Gasteiger partial charge is 0.251 e. The van der Waals surface area contributed by atoms with Crippen molar-refractivity contribution >= 4 is 28.9 Å². The molecule has 0 fully saturated rings. The van der Waals surface area contributed by atoms with E-state index in [-0.39, 0.29) is 5.91 Å². The molecule has 3 rings (SSSR count). The number of fused-ring (bicyclic) bond motifs is 1. The third-order valence-electron chi connectivity index (χ3n) is 3.25. The Morgan fingerprint density at radius 1 is 1.25 bits per heavy atom. The normalized spacial score (nSPS) is 16.5. The van der Waals surface area contributed by atoms with E-state index >= 15 is 0 Å². The van der Waals surface area contributed by atoms with Gasteiger partial charge < -0.3 is 15.4 Å². The third kappa shape index (κ3) is 2.18. The number of benzene rings is 2. The highest BCUT2D eigenvalue weighted by molar-refractivity contribution is 6.32. The minimum atomic E-state index is -0.407. The summed E-state index contributed by atoms with van der Waals surface area (Å²) in [5.41, 5.74) is 2.55. The molecule has 4 nitrogen and oxygen atoms in total. The predicted molar refractivity (Wildman–Crippen MR) is 79.4 cm³/mol. The first kappa shape index (κ1) is 12.8. The van der Waals surface area contributed by atoms with Crippen molar-refractivity contribution in [2.24, 2.45) is 0 Å². The van der Waals surface area contributed by atoms with E-state index in [1.807, 2.05) is 30.3 Å². The van der Waals surface area contributed by atoms with Gasteiger partial charge in [0.15, 0.2) is 0 Å². The number of ether oxygens (including phenoxy) is 1. The summed E-state index contributed by atoms with van der Waals surface area (Å²) in [5.74, 6) is 0.534. The number of amides is 1. The molecule has 2 aromatic rings. The third-order valence-corrected chi connectivity index (χ3v) is 3.55. The summed E-state index contributed by atoms with van der Waals surface area (Å²) in [7, 11) is 1.56. The van der Waals surface area contributed by atoms with E-state index in [0.29, 0.717) is 10.8 Å². The fourth-order valence-corrected chi connectivity index (χ4v) is 2.53. The summed E-state index contributed by atoms with van der Waals surface area (Å²) in [6, 6.07) is 12.6. The number of hydrogen-bond donors (Lipinski definition) is 2. The van der Waals surface area contributed by atoms with E-state index in [0.717, 1.165) is 16.9 Å². The average molecular weight is 289 g/mol. The quantitative estimate of drug-likeness (QED) is 0.909. The summed E-state index contributed by atoms with van der Waals surface area (Å²) >= 11 is 6.09. The Labute approximate surface area is 121 Å². The number of para-hydroxylation sites is 1. The molecule has 2 aromatic carbocycles. The molecule has 0 aliphatic carbocycles. The molecule has 5 heteroatoms. The molecule has 1 unspecified atom stereocenters. The Balaban J connectivity index is 1.88. The van der Waals surface area contributed by atoms with Crippen LogP contribution in [-0.2, 0) is 4.79 Å². The van der Waals surface area contributed by atoms with Gasteiger partial charge in [0.2, 0.25) is 0 Å². The lowest BCUT2D eigenvalue weighted by Gasteiger charge is -2.14. The van der Waals surface area contributed by atoms with Gasteiger partial charge in [-0.2, -0.15) is 0 Å². The van der Waals surface area contributed by atoms with Crippen molar-refractivity contribution in [3.8, 4) is 5.75 Å². The van der Waals surface area contributed by atoms with Crippen molar-refractivity contribution in [3.63, 3.8) is 0 Å². The fraction of sp³-hybridized carbons (Fsp3) is 0.133. The van der Waals surface area contributed by atoms with E-state index in [9.17, 15) is 4.79 Å². The second kappa shape index (κ2) is 5.06. The Hall–Kier alpha value is -2.20. The molecule has 1 amide bonds. The zero-order valence-corrected chi connectivity index (χ0v) is 11.6. The minimum Gasteiger partial charge on any atom is -0.495 e. The molecule has 0 bridgehead atoms. The maximum absolute atomic E-state index is 12.0. The van der Waals surface area contributed by atoms with Crippen molar-refractivity contribution in [3.05, 3.63) is 53.1 Å². The van der Waals surface area contributed by atoms with Gasteiger partial charge >= 0.3 is 0 Å². The highest BCUT2D eigenvalue weighted by Crippen LogP contribution is 2.34. The van der Waals surface area contributed by atoms with Crippen molar-refractivity contribution in [2.45, 2.75) is 6.04 Å². The molecule has 1 heterocycles. The second-order valence-electron chi connectivity index (χ2n) is 4.50. The number of nitrogens with one attached hydrogen (secondary N) is 2. The molecule has 0 saturated heterocycles. The Kier molecular flexibility index (Phi) is 3.24. The number of hydrogen-bond acceptors (Lipinski definition) is 3. The van der Waals surface area contributed by atoms with Crippen molar-refractivity contribution in [1.29, 1.82) is 0 Å². The van der Waals surface area contributed by atoms with Gasteiger partial charge in [0.1, 0.15) is 11.8 Å². The van der Waals surface area contributed by atoms with Crippen LogP contribution in [0.25, 0.3) is 0 Å². The molecule has 102 valence electrons. The standard InChI is InChI=1S/C15H13ClN2O2/c1-20-13-7-6-9(8-11(13)16)17-14-10-4-2-3-5-12(10)18-15(14)19/h2-8,14,17H,1H3,(H,18,19). The minimum absolute atomic E-state index is 0.0712. The average Bonchev–Trinajstić information content (AvgIpc) is 2.76. The topological polar surface area (TPSA) is 50.4 Å². The lowest BCUT2D eigenvalue weighted by molar-refractivity contribution is -0.116. The number of methoxy groups -OCH3 is 1. The van der Waals surface area contributed by atoms with Crippen molar-refractivity contribution in [2.75, 3.05) is 17.7 Å². The molecule has 20 heavy (non-hydrogen) atoms. The predicted octanol–water partition coefficient (Wildman–Crippen LogP) is 3.45. The number of carbonyl (C=O) groups excluding carboxylic acids is 1. The summed E-state index contributed by atoms with van der Waals surface area (Å²) in [6.45, 7) is 0. The first-order valence-electron chi connectivity index (χ1n) is 6.19. The summed E-state index contributed by atoms with van der Waals surface area (Å²) in [4.78, 5) is 12.0. The first-order valence-corrected chi connectivity index (χ1v) is 6.56. The van der Waals surface area contributed by atoms with Gasteiger partial charge in [-0.3, -0.25) is 4.79 Å². The second-order valence-corrected chi connectivity index (χ2v) is 4.91. The lowest BCUT2D eigenvalue weighted by atomic mass is 10.1. The van der Waals surface area contributed by atoms with E-state index in [1.54, 1.807) is 19.2 Å². The highest BCUT2D eigenvalue weighted by atomic mass is 35.5. The number of rotatable bonds is 3. The maximum atomic E-state index is 12.0. The molecule has 1 aliphatic heterocycles. The van der Waals surface area contributed by atoms with Gasteiger partial charge in [-0.05, 0) is 24.3 Å². The van der Waals surface area contributed by atoms with E-state index in [1.165, 1.54) is 0 Å². The van der Waals surface area contributed by atoms with Gasteiger partial charge in [0.05, 0.1) is 12.1 Å². The van der Waals surface area contributed by atoms with E-state index in [4.69, 9.17) is 16.3 Å². The van der Waals surface area contributed by atoms with E-state index in [2.05, 4.69) is 10.6 Å². The molecule has 0 radical (unpaired) electrons. The lowest BCUT2D eigenvalue weighted by Crippen LogP contribution is -2.19. The Morgan fingerprint density at radius 2 is 2.05 bits per heavy atom. The molecule has 0 aromatic heterocycles. The molecule has 1 aliphatic rings. The van der Waals surface area contributed by atoms with Crippen molar-refractivity contribution in [1.82, 2.24) is 0 Å². The van der Waals surface area contributed by atoms with Gasteiger partial charge in [-0.25, -0.2) is 0 Å². The zero-order chi connectivity index (χ0) is 14.1. The summed E-state index contributed by atoms with van der Waals surface area (Å²) < 4.78 is 5.11. The zero-order valence-electron chi connectivity index (χ0n) is 10.8. The number of carbonyl (C=O) groups is 1. The monoisotopic (exact) mass is 288 g/mol. The molecule has 0 saturated carbocycles. The maximum Gasteiger partial charge on any atom is 0.251 e. The summed E-state index contributed by atoms with van der Waals surface area (Å²) in [6.07, 6.45) is 0. The molecular weight excluding hydrogens is 276 g/mol. The van der Waals surface area contributed by atoms with Crippen LogP contribution < -0.4 is 15.4 Å². The van der Waals surface area contributed by atoms with Crippen LogP contribution in [0.3, 0.4) is 0 Å². The Bertz CT molecular complexity index is 673. The van der Waals surface area contributed by atoms with Crippen LogP contribution in [0.15, 0.2) is 42.5 Å². The van der Waals surface area contributed by atoms with Crippen LogP contribution in [0, 0.1) is 0 Å². The summed E-state index contributed by atoms with van der Waals surface area (Å²) in [5, 5.41) is 6.54. The molecule has 0 spiro atoms. The largest absolute Gasteiger partial charge is 0.495 e. The highest BCUT2D eigenvalue weighted by Gasteiger charge is 2.29. The van der Waals surface area contributed by atoms with Gasteiger partial charge in [-0.1, -0.05) is 29.8 Å².